The fourth-order valence-electron chi connectivity index (χ4n) is 1.34. The summed E-state index contributed by atoms with van der Waals surface area (Å²) >= 11 is 4.71. The molecule has 0 fully saturated rings. The first kappa shape index (κ1) is 12.1. The average molecular weight is 317 g/mol. The number of carbonyl (C=O) groups is 1. The van der Waals surface area contributed by atoms with Gasteiger partial charge in [0.25, 0.3) is 0 Å². The average Bonchev–Trinajstić information content (AvgIpc) is 2.82. The number of anilines is 1. The molecule has 0 aliphatic carbocycles. The van der Waals surface area contributed by atoms with Gasteiger partial charge in [0.1, 0.15) is 21.7 Å². The quantitative estimate of drug-likeness (QED) is 0.906. The van der Waals surface area contributed by atoms with Crippen molar-refractivity contribution in [3.8, 4) is 0 Å². The van der Waals surface area contributed by atoms with Gasteiger partial charge in [-0.05, 0) is 28.9 Å². The molecule has 2 aromatic rings. The Balaban J connectivity index is 2.04. The minimum absolute atomic E-state index is 0.196. The fraction of sp³-hybridized carbons (Fsp3) is 0.200. The van der Waals surface area contributed by atoms with E-state index < -0.39 is 5.97 Å². The second kappa shape index (κ2) is 4.89. The molecule has 17 heavy (non-hydrogen) atoms. The summed E-state index contributed by atoms with van der Waals surface area (Å²) in [5, 5.41) is 14.5. The number of carboxylic acids is 1. The van der Waals surface area contributed by atoms with E-state index in [1.54, 1.807) is 6.92 Å². The minimum Gasteiger partial charge on any atom is -0.478 e. The molecule has 5 nitrogen and oxygen atoms in total. The molecule has 0 aliphatic heterocycles. The zero-order chi connectivity index (χ0) is 12.4. The van der Waals surface area contributed by atoms with Gasteiger partial charge in [0, 0.05) is 5.38 Å². The van der Waals surface area contributed by atoms with Gasteiger partial charge >= 0.3 is 5.97 Å². The summed E-state index contributed by atoms with van der Waals surface area (Å²) in [5.74, 6) is 0.00957. The molecular formula is C10H9BrN2O3S. The summed E-state index contributed by atoms with van der Waals surface area (Å²) in [5.41, 5.74) is 0.196. The van der Waals surface area contributed by atoms with Crippen LogP contribution in [0.2, 0.25) is 0 Å². The number of hydrogen-bond acceptors (Lipinski definition) is 5. The summed E-state index contributed by atoms with van der Waals surface area (Å²) < 4.78 is 6.10. The number of furan rings is 1. The van der Waals surface area contributed by atoms with Crippen LogP contribution in [-0.4, -0.2) is 16.1 Å². The van der Waals surface area contributed by atoms with E-state index in [9.17, 15) is 4.79 Å². The molecule has 2 aromatic heterocycles. The number of aromatic nitrogens is 1. The fourth-order valence-corrected chi connectivity index (χ4v) is 2.48. The highest BCUT2D eigenvalue weighted by Gasteiger charge is 2.13. The maximum atomic E-state index is 10.8. The highest BCUT2D eigenvalue weighted by atomic mass is 79.9. The van der Waals surface area contributed by atoms with Crippen LogP contribution in [0, 0.1) is 6.92 Å². The zero-order valence-corrected chi connectivity index (χ0v) is 11.3. The van der Waals surface area contributed by atoms with Crippen molar-refractivity contribution in [2.24, 2.45) is 0 Å². The number of rotatable bonds is 4. The molecule has 0 atom stereocenters. The van der Waals surface area contributed by atoms with Gasteiger partial charge in [0.15, 0.2) is 5.13 Å². The monoisotopic (exact) mass is 316 g/mol. The molecule has 0 aromatic carbocycles. The Hall–Kier alpha value is -1.34. The summed E-state index contributed by atoms with van der Waals surface area (Å²) in [6, 6.07) is 1.52. The lowest BCUT2D eigenvalue weighted by atomic mass is 10.2. The van der Waals surface area contributed by atoms with Crippen LogP contribution in [0.25, 0.3) is 0 Å². The molecule has 0 saturated heterocycles. The molecule has 0 spiro atoms. The maximum Gasteiger partial charge on any atom is 0.339 e. The topological polar surface area (TPSA) is 75.4 Å². The van der Waals surface area contributed by atoms with E-state index in [1.807, 2.05) is 5.38 Å². The largest absolute Gasteiger partial charge is 0.478 e. The van der Waals surface area contributed by atoms with Gasteiger partial charge in [-0.3, -0.25) is 0 Å². The van der Waals surface area contributed by atoms with E-state index in [4.69, 9.17) is 9.52 Å². The van der Waals surface area contributed by atoms with E-state index in [1.165, 1.54) is 17.4 Å². The lowest BCUT2D eigenvalue weighted by molar-refractivity contribution is 0.0695. The third-order valence-electron chi connectivity index (χ3n) is 2.09. The first-order chi connectivity index (χ1) is 8.06. The van der Waals surface area contributed by atoms with Crippen molar-refractivity contribution in [1.29, 1.82) is 0 Å². The Morgan fingerprint density at radius 2 is 2.47 bits per heavy atom. The molecular weight excluding hydrogens is 308 g/mol. The van der Waals surface area contributed by atoms with Crippen molar-refractivity contribution >= 4 is 38.4 Å². The van der Waals surface area contributed by atoms with Gasteiger partial charge in [-0.25, -0.2) is 9.78 Å². The molecule has 0 bridgehead atoms. The van der Waals surface area contributed by atoms with Crippen molar-refractivity contribution < 1.29 is 14.3 Å². The molecule has 0 radical (unpaired) electrons. The van der Waals surface area contributed by atoms with Crippen molar-refractivity contribution in [2.45, 2.75) is 13.5 Å². The molecule has 90 valence electrons. The molecule has 2 rings (SSSR count). The second-order valence-corrected chi connectivity index (χ2v) is 4.99. The van der Waals surface area contributed by atoms with Gasteiger partial charge in [-0.2, -0.15) is 0 Å². The van der Waals surface area contributed by atoms with Gasteiger partial charge in [-0.1, -0.05) is 0 Å². The van der Waals surface area contributed by atoms with Gasteiger partial charge in [0.2, 0.25) is 0 Å². The maximum absolute atomic E-state index is 10.8. The van der Waals surface area contributed by atoms with Crippen LogP contribution >= 0.6 is 27.3 Å². The van der Waals surface area contributed by atoms with E-state index in [0.29, 0.717) is 18.1 Å². The normalized spacial score (nSPS) is 10.5. The number of nitrogens with one attached hydrogen (secondary N) is 1. The Morgan fingerprint density at radius 1 is 1.71 bits per heavy atom. The predicted octanol–water partition coefficient (Wildman–Crippen LogP) is 3.12. The number of hydrogen-bond donors (Lipinski definition) is 2. The number of aryl methyl sites for hydroxylation is 1. The van der Waals surface area contributed by atoms with Crippen LogP contribution in [0.4, 0.5) is 5.13 Å². The van der Waals surface area contributed by atoms with Crippen molar-refractivity contribution in [3.05, 3.63) is 33.1 Å². The predicted molar refractivity (Wildman–Crippen MR) is 67.5 cm³/mol. The SMILES string of the molecule is Cc1oc(CNc2nc(Br)cs2)cc1C(=O)O. The molecule has 2 N–H and O–H groups in total. The third-order valence-corrected chi connectivity index (χ3v) is 3.60. The Bertz CT molecular complexity index is 549. The Kier molecular flexibility index (Phi) is 3.49. The molecule has 0 amide bonds. The number of halogens is 1. The third kappa shape index (κ3) is 2.86. The van der Waals surface area contributed by atoms with E-state index >= 15 is 0 Å². The van der Waals surface area contributed by atoms with Crippen LogP contribution in [-0.2, 0) is 6.54 Å². The first-order valence-electron chi connectivity index (χ1n) is 4.74. The number of carboxylic acid groups (broad SMARTS) is 1. The summed E-state index contributed by atoms with van der Waals surface area (Å²) in [6.45, 7) is 2.04. The minimum atomic E-state index is -0.977. The lowest BCUT2D eigenvalue weighted by Gasteiger charge is -1.97. The van der Waals surface area contributed by atoms with Crippen LogP contribution < -0.4 is 5.32 Å². The van der Waals surface area contributed by atoms with Gasteiger partial charge in [-0.15, -0.1) is 11.3 Å². The highest BCUT2D eigenvalue weighted by molar-refractivity contribution is 9.10. The van der Waals surface area contributed by atoms with Gasteiger partial charge in [0.05, 0.1) is 6.54 Å². The smallest absolute Gasteiger partial charge is 0.339 e. The summed E-state index contributed by atoms with van der Waals surface area (Å²) in [4.78, 5) is 15.0. The number of nitrogens with zero attached hydrogens (tertiary/aromatic N) is 1. The van der Waals surface area contributed by atoms with Crippen LogP contribution in [0.3, 0.4) is 0 Å². The number of aromatic carboxylic acids is 1. The standard InChI is InChI=1S/C10H9BrN2O3S/c1-5-7(9(14)15)2-6(16-5)3-12-10-13-8(11)4-17-10/h2,4H,3H2,1H3,(H,12,13)(H,14,15). The van der Waals surface area contributed by atoms with Crippen LogP contribution in [0.5, 0.6) is 0 Å². The van der Waals surface area contributed by atoms with E-state index in [0.717, 1.165) is 9.73 Å². The van der Waals surface area contributed by atoms with Gasteiger partial charge < -0.3 is 14.8 Å². The Labute approximate surface area is 110 Å². The molecule has 2 heterocycles. The first-order valence-corrected chi connectivity index (χ1v) is 6.41. The number of thiazole rings is 1. The van der Waals surface area contributed by atoms with E-state index in [2.05, 4.69) is 26.2 Å². The molecule has 0 aliphatic rings. The molecule has 7 heteroatoms. The van der Waals surface area contributed by atoms with E-state index in [-0.39, 0.29) is 5.56 Å². The van der Waals surface area contributed by atoms with Crippen LogP contribution in [0.1, 0.15) is 21.9 Å². The second-order valence-electron chi connectivity index (χ2n) is 3.32. The van der Waals surface area contributed by atoms with Crippen molar-refractivity contribution in [2.75, 3.05) is 5.32 Å². The van der Waals surface area contributed by atoms with Crippen molar-refractivity contribution in [1.82, 2.24) is 4.98 Å². The molecule has 0 saturated carbocycles. The Morgan fingerprint density at radius 3 is 3.00 bits per heavy atom. The lowest BCUT2D eigenvalue weighted by Crippen LogP contribution is -1.98. The van der Waals surface area contributed by atoms with Crippen LogP contribution in [0.15, 0.2) is 20.5 Å². The highest BCUT2D eigenvalue weighted by Crippen LogP contribution is 2.21. The molecule has 0 unspecified atom stereocenters. The summed E-state index contributed by atoms with van der Waals surface area (Å²) in [7, 11) is 0. The zero-order valence-electron chi connectivity index (χ0n) is 8.86. The van der Waals surface area contributed by atoms with Crippen molar-refractivity contribution in [3.63, 3.8) is 0 Å². The summed E-state index contributed by atoms with van der Waals surface area (Å²) in [6.07, 6.45) is 0.